The number of imide groups is 1. The second-order valence-corrected chi connectivity index (χ2v) is 6.97. The third kappa shape index (κ3) is 5.94. The van der Waals surface area contributed by atoms with Gasteiger partial charge in [-0.25, -0.2) is 4.79 Å². The van der Waals surface area contributed by atoms with Crippen molar-refractivity contribution in [1.29, 1.82) is 5.26 Å². The Labute approximate surface area is 163 Å². The Hall–Kier alpha value is -3.15. The molecule has 8 nitrogen and oxygen atoms in total. The zero-order valence-corrected chi connectivity index (χ0v) is 15.7. The standard InChI is InChI=1S/C20H23N5O3/c21-12-16-3-5-17(6-4-16)14-24-7-9-25(10-8-24)15-19(26)23-20(27)22-13-18-2-1-11-28-18/h1-6,11H,7-10,13-15H2,(H2,22,23,26,27)/p+2. The second kappa shape index (κ2) is 9.69. The first-order valence-electron chi connectivity index (χ1n) is 9.38. The molecule has 0 saturated carbocycles. The second-order valence-electron chi connectivity index (χ2n) is 6.97. The Kier molecular flexibility index (Phi) is 6.78. The number of nitrogens with zero attached hydrogens (tertiary/aromatic N) is 1. The lowest BCUT2D eigenvalue weighted by Crippen LogP contribution is -3.28. The number of carbonyl (C=O) groups is 2. The maximum atomic E-state index is 12.1. The topological polar surface area (TPSA) is 104 Å². The fourth-order valence-electron chi connectivity index (χ4n) is 3.32. The van der Waals surface area contributed by atoms with Crippen LogP contribution in [-0.4, -0.2) is 44.7 Å². The van der Waals surface area contributed by atoms with Gasteiger partial charge in [-0.3, -0.25) is 10.1 Å². The van der Waals surface area contributed by atoms with Gasteiger partial charge in [0.1, 0.15) is 38.5 Å². The van der Waals surface area contributed by atoms with Crippen molar-refractivity contribution in [2.24, 2.45) is 0 Å². The lowest BCUT2D eigenvalue weighted by molar-refractivity contribution is -1.02. The van der Waals surface area contributed by atoms with Crippen molar-refractivity contribution in [3.63, 3.8) is 0 Å². The van der Waals surface area contributed by atoms with Crippen molar-refractivity contribution in [3.8, 4) is 6.07 Å². The summed E-state index contributed by atoms with van der Waals surface area (Å²) in [6, 6.07) is 12.8. The molecule has 1 aromatic carbocycles. The molecule has 1 aromatic heterocycles. The van der Waals surface area contributed by atoms with Crippen molar-refractivity contribution < 1.29 is 23.8 Å². The van der Waals surface area contributed by atoms with E-state index < -0.39 is 6.03 Å². The van der Waals surface area contributed by atoms with E-state index in [2.05, 4.69) is 16.7 Å². The number of rotatable bonds is 6. The molecule has 1 fully saturated rings. The minimum absolute atomic E-state index is 0.246. The molecule has 0 unspecified atom stereocenters. The first-order chi connectivity index (χ1) is 13.6. The van der Waals surface area contributed by atoms with E-state index >= 15 is 0 Å². The molecule has 1 saturated heterocycles. The van der Waals surface area contributed by atoms with E-state index in [-0.39, 0.29) is 19.0 Å². The number of nitrogens with one attached hydrogen (secondary N) is 4. The number of nitriles is 1. The van der Waals surface area contributed by atoms with Gasteiger partial charge < -0.3 is 19.5 Å². The molecule has 0 aliphatic carbocycles. The Morgan fingerprint density at radius 1 is 1.07 bits per heavy atom. The Balaban J connectivity index is 1.34. The van der Waals surface area contributed by atoms with Crippen LogP contribution in [0.5, 0.6) is 0 Å². The molecule has 1 aliphatic rings. The molecule has 4 N–H and O–H groups in total. The average Bonchev–Trinajstić information content (AvgIpc) is 3.22. The average molecular weight is 383 g/mol. The first kappa shape index (κ1) is 19.6. The number of quaternary nitrogens is 2. The highest BCUT2D eigenvalue weighted by Crippen LogP contribution is 2.01. The van der Waals surface area contributed by atoms with Crippen molar-refractivity contribution in [2.45, 2.75) is 13.1 Å². The van der Waals surface area contributed by atoms with E-state index in [0.29, 0.717) is 11.3 Å². The smallest absolute Gasteiger partial charge is 0.321 e. The normalized spacial score (nSPS) is 18.8. The van der Waals surface area contributed by atoms with Crippen LogP contribution in [0.25, 0.3) is 0 Å². The van der Waals surface area contributed by atoms with Gasteiger partial charge in [0.05, 0.1) is 24.4 Å². The molecule has 2 aromatic rings. The van der Waals surface area contributed by atoms with Crippen LogP contribution in [0.2, 0.25) is 0 Å². The number of urea groups is 1. The van der Waals surface area contributed by atoms with Gasteiger partial charge >= 0.3 is 6.03 Å². The number of amides is 3. The van der Waals surface area contributed by atoms with E-state index in [1.807, 2.05) is 24.3 Å². The maximum Gasteiger partial charge on any atom is 0.321 e. The predicted octanol–water partition coefficient (Wildman–Crippen LogP) is -1.54. The van der Waals surface area contributed by atoms with Gasteiger partial charge in [-0.05, 0) is 24.3 Å². The molecule has 3 rings (SSSR count). The van der Waals surface area contributed by atoms with E-state index in [1.165, 1.54) is 21.6 Å². The molecule has 8 heteroatoms. The van der Waals surface area contributed by atoms with Crippen molar-refractivity contribution in [3.05, 3.63) is 59.5 Å². The summed E-state index contributed by atoms with van der Waals surface area (Å²) < 4.78 is 5.13. The summed E-state index contributed by atoms with van der Waals surface area (Å²) in [4.78, 5) is 26.5. The Morgan fingerprint density at radius 3 is 2.43 bits per heavy atom. The summed E-state index contributed by atoms with van der Waals surface area (Å²) in [7, 11) is 0. The van der Waals surface area contributed by atoms with Gasteiger partial charge in [-0.1, -0.05) is 12.1 Å². The Bertz CT molecular complexity index is 819. The number of hydrogen-bond acceptors (Lipinski definition) is 4. The minimum atomic E-state index is -0.508. The highest BCUT2D eigenvalue weighted by atomic mass is 16.3. The lowest BCUT2D eigenvalue weighted by Gasteiger charge is -2.29. The molecular formula is C20H25N5O3+2. The lowest BCUT2D eigenvalue weighted by atomic mass is 10.1. The van der Waals surface area contributed by atoms with Crippen molar-refractivity contribution in [1.82, 2.24) is 10.6 Å². The molecule has 3 amide bonds. The fraction of sp³-hybridized carbons (Fsp3) is 0.350. The molecule has 146 valence electrons. The summed E-state index contributed by atoms with van der Waals surface area (Å²) in [5.74, 6) is 0.358. The molecular weight excluding hydrogens is 358 g/mol. The quantitative estimate of drug-likeness (QED) is 0.485. The third-order valence-corrected chi connectivity index (χ3v) is 4.87. The summed E-state index contributed by atoms with van der Waals surface area (Å²) in [5.41, 5.74) is 1.88. The number of hydrogen-bond donors (Lipinski definition) is 4. The number of piperazine rings is 1. The summed E-state index contributed by atoms with van der Waals surface area (Å²) in [5, 5.41) is 13.8. The molecule has 0 radical (unpaired) electrons. The van der Waals surface area contributed by atoms with E-state index in [1.54, 1.807) is 12.1 Å². The predicted molar refractivity (Wildman–Crippen MR) is 100 cm³/mol. The van der Waals surface area contributed by atoms with E-state index in [0.717, 1.165) is 32.7 Å². The monoisotopic (exact) mass is 383 g/mol. The third-order valence-electron chi connectivity index (χ3n) is 4.87. The molecule has 2 heterocycles. The van der Waals surface area contributed by atoms with Gasteiger partial charge in [0.15, 0.2) is 6.54 Å². The molecule has 1 aliphatic heterocycles. The minimum Gasteiger partial charge on any atom is -0.467 e. The van der Waals surface area contributed by atoms with Crippen LogP contribution in [0.4, 0.5) is 4.79 Å². The van der Waals surface area contributed by atoms with Gasteiger partial charge in [-0.15, -0.1) is 0 Å². The molecule has 0 bridgehead atoms. The molecule has 28 heavy (non-hydrogen) atoms. The zero-order valence-electron chi connectivity index (χ0n) is 15.7. The highest BCUT2D eigenvalue weighted by molar-refractivity contribution is 5.94. The highest BCUT2D eigenvalue weighted by Gasteiger charge is 2.25. The zero-order chi connectivity index (χ0) is 19.8. The van der Waals surface area contributed by atoms with Crippen LogP contribution in [0.3, 0.4) is 0 Å². The van der Waals surface area contributed by atoms with Crippen LogP contribution in [-0.2, 0) is 17.9 Å². The van der Waals surface area contributed by atoms with Crippen LogP contribution in [0, 0.1) is 11.3 Å². The van der Waals surface area contributed by atoms with Crippen molar-refractivity contribution in [2.75, 3.05) is 32.7 Å². The first-order valence-corrected chi connectivity index (χ1v) is 9.38. The maximum absolute atomic E-state index is 12.1. The van der Waals surface area contributed by atoms with E-state index in [4.69, 9.17) is 9.68 Å². The largest absolute Gasteiger partial charge is 0.467 e. The molecule has 0 atom stereocenters. The summed E-state index contributed by atoms with van der Waals surface area (Å²) in [6.07, 6.45) is 1.53. The number of benzene rings is 1. The summed E-state index contributed by atoms with van der Waals surface area (Å²) in [6.45, 7) is 5.15. The van der Waals surface area contributed by atoms with Crippen LogP contribution in [0.15, 0.2) is 47.1 Å². The fourth-order valence-corrected chi connectivity index (χ4v) is 3.32. The number of carbonyl (C=O) groups excluding carboxylic acids is 2. The van der Waals surface area contributed by atoms with Gasteiger partial charge in [0.25, 0.3) is 5.91 Å². The van der Waals surface area contributed by atoms with Crippen LogP contribution < -0.4 is 20.4 Å². The van der Waals surface area contributed by atoms with Gasteiger partial charge in [0, 0.05) is 5.56 Å². The van der Waals surface area contributed by atoms with Gasteiger partial charge in [-0.2, -0.15) is 5.26 Å². The number of furan rings is 1. The van der Waals surface area contributed by atoms with Crippen LogP contribution in [0.1, 0.15) is 16.9 Å². The summed E-state index contributed by atoms with van der Waals surface area (Å²) >= 11 is 0. The van der Waals surface area contributed by atoms with Crippen molar-refractivity contribution >= 4 is 11.9 Å². The van der Waals surface area contributed by atoms with Crippen LogP contribution >= 0.6 is 0 Å². The SMILES string of the molecule is N#Cc1ccc(C[NH+]2CC[NH+](CC(=O)NC(=O)NCc3ccco3)CC2)cc1. The van der Waals surface area contributed by atoms with E-state index in [9.17, 15) is 9.59 Å². The van der Waals surface area contributed by atoms with Gasteiger partial charge in [0.2, 0.25) is 0 Å². The Morgan fingerprint density at radius 2 is 1.79 bits per heavy atom. The molecule has 0 spiro atoms.